The lowest BCUT2D eigenvalue weighted by atomic mass is 10.2. The molecule has 0 saturated carbocycles. The van der Waals surface area contributed by atoms with Crippen molar-refractivity contribution in [1.82, 2.24) is 9.78 Å². The zero-order chi connectivity index (χ0) is 12.6. The van der Waals surface area contributed by atoms with Crippen LogP contribution < -0.4 is 0 Å². The first kappa shape index (κ1) is 11.5. The summed E-state index contributed by atoms with van der Waals surface area (Å²) in [5.41, 5.74) is 5.64. The maximum Gasteiger partial charge on any atom is 0.111 e. The van der Waals surface area contributed by atoms with E-state index in [1.54, 1.807) is 6.07 Å². The van der Waals surface area contributed by atoms with Crippen LogP contribution in [-0.4, -0.2) is 9.78 Å². The third-order valence-corrected chi connectivity index (χ3v) is 3.18. The topological polar surface area (TPSA) is 47.2 Å². The van der Waals surface area contributed by atoms with Crippen LogP contribution in [0.1, 0.15) is 22.5 Å². The molecule has 0 saturated heterocycles. The second-order valence-electron chi connectivity index (χ2n) is 4.27. The van der Waals surface area contributed by atoms with Crippen LogP contribution in [0.25, 0.3) is 5.69 Å². The van der Waals surface area contributed by atoms with Gasteiger partial charge in [-0.25, -0.2) is 4.68 Å². The van der Waals surface area contributed by atoms with E-state index in [9.17, 15) is 4.91 Å². The smallest absolute Gasteiger partial charge is 0.111 e. The number of aryl methyl sites for hydroxylation is 2. The molecule has 2 rings (SSSR count). The normalized spacial score (nSPS) is 10.6. The molecule has 0 atom stereocenters. The van der Waals surface area contributed by atoms with Gasteiger partial charge in [-0.3, -0.25) is 0 Å². The minimum absolute atomic E-state index is 0.479. The van der Waals surface area contributed by atoms with Crippen molar-refractivity contribution < 1.29 is 0 Å². The van der Waals surface area contributed by atoms with Crippen molar-refractivity contribution >= 4 is 5.69 Å². The molecule has 0 bridgehead atoms. The van der Waals surface area contributed by atoms with Gasteiger partial charge >= 0.3 is 0 Å². The summed E-state index contributed by atoms with van der Waals surface area (Å²) in [5.74, 6) is 0. The number of rotatable bonds is 2. The van der Waals surface area contributed by atoms with E-state index in [-0.39, 0.29) is 0 Å². The van der Waals surface area contributed by atoms with Gasteiger partial charge < -0.3 is 0 Å². The van der Waals surface area contributed by atoms with Crippen molar-refractivity contribution in [3.05, 3.63) is 45.6 Å². The van der Waals surface area contributed by atoms with Gasteiger partial charge in [0.05, 0.1) is 11.4 Å². The van der Waals surface area contributed by atoms with Gasteiger partial charge in [0.2, 0.25) is 0 Å². The highest BCUT2D eigenvalue weighted by atomic mass is 16.3. The van der Waals surface area contributed by atoms with Crippen LogP contribution in [-0.2, 0) is 0 Å². The van der Waals surface area contributed by atoms with Gasteiger partial charge in [0, 0.05) is 5.69 Å². The third kappa shape index (κ3) is 1.86. The Labute approximate surface area is 100 Å². The van der Waals surface area contributed by atoms with Gasteiger partial charge in [0.15, 0.2) is 0 Å². The molecule has 0 fully saturated rings. The minimum atomic E-state index is 0.479. The molecular weight excluding hydrogens is 214 g/mol. The average Bonchev–Trinajstić information content (AvgIpc) is 2.57. The molecule has 88 valence electrons. The molecule has 0 aliphatic rings. The summed E-state index contributed by atoms with van der Waals surface area (Å²) in [6, 6.07) is 5.52. The molecule has 0 amide bonds. The molecule has 0 aliphatic heterocycles. The molecule has 4 nitrogen and oxygen atoms in total. The fourth-order valence-electron chi connectivity index (χ4n) is 1.85. The van der Waals surface area contributed by atoms with Crippen LogP contribution >= 0.6 is 0 Å². The van der Waals surface area contributed by atoms with Gasteiger partial charge in [0.25, 0.3) is 0 Å². The lowest BCUT2D eigenvalue weighted by Gasteiger charge is -2.06. The van der Waals surface area contributed by atoms with Crippen LogP contribution in [0.15, 0.2) is 23.4 Å². The van der Waals surface area contributed by atoms with Gasteiger partial charge in [0.1, 0.15) is 5.69 Å². The van der Waals surface area contributed by atoms with Crippen molar-refractivity contribution in [2.24, 2.45) is 5.18 Å². The Morgan fingerprint density at radius 1 is 1.18 bits per heavy atom. The quantitative estimate of drug-likeness (QED) is 0.740. The maximum atomic E-state index is 10.5. The SMILES string of the molecule is Cc1cc(-n2nc(C)c(C)c2C)ccc1N=O. The van der Waals surface area contributed by atoms with E-state index in [4.69, 9.17) is 0 Å². The van der Waals surface area contributed by atoms with Gasteiger partial charge in [-0.05, 0) is 62.2 Å². The number of nitroso groups, excluding NO2 is 1. The lowest BCUT2D eigenvalue weighted by molar-refractivity contribution is 0.832. The van der Waals surface area contributed by atoms with Crippen LogP contribution in [0, 0.1) is 32.6 Å². The molecule has 4 heteroatoms. The number of nitrogens with zero attached hydrogens (tertiary/aromatic N) is 3. The highest BCUT2D eigenvalue weighted by molar-refractivity contribution is 5.51. The Bertz CT molecular complexity index is 585. The zero-order valence-corrected chi connectivity index (χ0v) is 10.5. The number of hydrogen-bond donors (Lipinski definition) is 0. The van der Waals surface area contributed by atoms with Crippen LogP contribution in [0.4, 0.5) is 5.69 Å². The number of hydrogen-bond acceptors (Lipinski definition) is 3. The molecule has 0 N–H and O–H groups in total. The van der Waals surface area contributed by atoms with E-state index in [1.165, 1.54) is 5.56 Å². The van der Waals surface area contributed by atoms with Crippen molar-refractivity contribution in [2.75, 3.05) is 0 Å². The number of aromatic nitrogens is 2. The van der Waals surface area contributed by atoms with Crippen LogP contribution in [0.2, 0.25) is 0 Å². The Morgan fingerprint density at radius 3 is 2.35 bits per heavy atom. The summed E-state index contributed by atoms with van der Waals surface area (Å²) >= 11 is 0. The Kier molecular flexibility index (Phi) is 2.79. The second-order valence-corrected chi connectivity index (χ2v) is 4.27. The summed E-state index contributed by atoms with van der Waals surface area (Å²) in [6.07, 6.45) is 0. The van der Waals surface area contributed by atoms with Gasteiger partial charge in [-0.1, -0.05) is 0 Å². The summed E-state index contributed by atoms with van der Waals surface area (Å²) < 4.78 is 1.90. The van der Waals surface area contributed by atoms with Crippen LogP contribution in [0.5, 0.6) is 0 Å². The highest BCUT2D eigenvalue weighted by Crippen LogP contribution is 2.23. The summed E-state index contributed by atoms with van der Waals surface area (Å²) in [5, 5.41) is 7.45. The van der Waals surface area contributed by atoms with Gasteiger partial charge in [-0.15, -0.1) is 4.91 Å². The largest absolute Gasteiger partial charge is 0.238 e. The maximum absolute atomic E-state index is 10.5. The van der Waals surface area contributed by atoms with E-state index in [0.29, 0.717) is 5.69 Å². The van der Waals surface area contributed by atoms with Crippen LogP contribution in [0.3, 0.4) is 0 Å². The van der Waals surface area contributed by atoms with E-state index < -0.39 is 0 Å². The number of benzene rings is 1. The van der Waals surface area contributed by atoms with Crippen molar-refractivity contribution in [1.29, 1.82) is 0 Å². The standard InChI is InChI=1S/C13H15N3O/c1-8-7-12(5-6-13(8)15-17)16-11(4)9(2)10(3)14-16/h5-7H,1-4H3. The monoisotopic (exact) mass is 229 g/mol. The third-order valence-electron chi connectivity index (χ3n) is 3.18. The first-order chi connectivity index (χ1) is 8.04. The first-order valence-corrected chi connectivity index (χ1v) is 5.52. The first-order valence-electron chi connectivity index (χ1n) is 5.52. The van der Waals surface area contributed by atoms with Crippen molar-refractivity contribution in [2.45, 2.75) is 27.7 Å². The molecule has 0 aliphatic carbocycles. The lowest BCUT2D eigenvalue weighted by Crippen LogP contribution is -1.99. The van der Waals surface area contributed by atoms with Crippen molar-refractivity contribution in [3.8, 4) is 5.69 Å². The molecule has 0 spiro atoms. The molecule has 17 heavy (non-hydrogen) atoms. The Balaban J connectivity index is 2.57. The molecular formula is C13H15N3O. The predicted octanol–water partition coefficient (Wildman–Crippen LogP) is 3.50. The average molecular weight is 229 g/mol. The Hall–Kier alpha value is -1.97. The van der Waals surface area contributed by atoms with E-state index in [2.05, 4.69) is 17.2 Å². The molecule has 2 aromatic rings. The van der Waals surface area contributed by atoms with Crippen molar-refractivity contribution in [3.63, 3.8) is 0 Å². The fraction of sp³-hybridized carbons (Fsp3) is 0.308. The minimum Gasteiger partial charge on any atom is -0.238 e. The van der Waals surface area contributed by atoms with E-state index in [0.717, 1.165) is 22.6 Å². The summed E-state index contributed by atoms with van der Waals surface area (Å²) in [4.78, 5) is 10.5. The van der Waals surface area contributed by atoms with E-state index in [1.807, 2.05) is 37.6 Å². The molecule has 1 aromatic carbocycles. The fourth-order valence-corrected chi connectivity index (χ4v) is 1.85. The molecule has 0 unspecified atom stereocenters. The second kappa shape index (κ2) is 4.13. The molecule has 1 aromatic heterocycles. The molecule has 0 radical (unpaired) electrons. The predicted molar refractivity (Wildman–Crippen MR) is 68.0 cm³/mol. The zero-order valence-electron chi connectivity index (χ0n) is 10.5. The molecule has 1 heterocycles. The highest BCUT2D eigenvalue weighted by Gasteiger charge is 2.09. The summed E-state index contributed by atoms with van der Waals surface area (Å²) in [6.45, 7) is 7.96. The summed E-state index contributed by atoms with van der Waals surface area (Å²) in [7, 11) is 0. The van der Waals surface area contributed by atoms with E-state index >= 15 is 0 Å². The Morgan fingerprint density at radius 2 is 1.88 bits per heavy atom. The van der Waals surface area contributed by atoms with Gasteiger partial charge in [-0.2, -0.15) is 5.10 Å².